The van der Waals surface area contributed by atoms with Crippen molar-refractivity contribution in [2.75, 3.05) is 26.2 Å². The number of aliphatic hydroxyl groups is 2. The van der Waals surface area contributed by atoms with E-state index in [1.54, 1.807) is 0 Å². The number of β-amino-alcohol motifs (C(OH)–C–C–N with tert-alkyl or cyclic N) is 2. The van der Waals surface area contributed by atoms with Gasteiger partial charge in [0.15, 0.2) is 0 Å². The Hall–Kier alpha value is -0.160. The van der Waals surface area contributed by atoms with Gasteiger partial charge in [-0.05, 0) is 19.3 Å². The summed E-state index contributed by atoms with van der Waals surface area (Å²) in [4.78, 5) is 0. The Morgan fingerprint density at radius 2 is 1.46 bits per heavy atom. The molecule has 0 amide bonds. The van der Waals surface area contributed by atoms with E-state index in [4.69, 9.17) is 0 Å². The fourth-order valence-corrected chi connectivity index (χ4v) is 2.17. The molecule has 13 heavy (non-hydrogen) atoms. The molecule has 76 valence electrons. The molecule has 2 N–H and O–H groups in total. The first-order valence-electron chi connectivity index (χ1n) is 5.11. The van der Waals surface area contributed by atoms with E-state index in [1.807, 2.05) is 0 Å². The van der Waals surface area contributed by atoms with Gasteiger partial charge in [-0.2, -0.15) is 0 Å². The molecular formula is C9H18N2O2. The fourth-order valence-electron chi connectivity index (χ4n) is 2.17. The predicted molar refractivity (Wildman–Crippen MR) is 49.0 cm³/mol. The number of piperidine rings is 1. The van der Waals surface area contributed by atoms with Gasteiger partial charge in [0, 0.05) is 26.2 Å². The summed E-state index contributed by atoms with van der Waals surface area (Å²) in [5.74, 6) is 0. The summed E-state index contributed by atoms with van der Waals surface area (Å²) in [6.07, 6.45) is 2.51. The quantitative estimate of drug-likeness (QED) is 0.575. The molecule has 0 aromatic rings. The van der Waals surface area contributed by atoms with Gasteiger partial charge in [0.1, 0.15) is 0 Å². The minimum absolute atomic E-state index is 0.168. The van der Waals surface area contributed by atoms with Gasteiger partial charge in [-0.3, -0.25) is 0 Å². The van der Waals surface area contributed by atoms with Gasteiger partial charge in [0.25, 0.3) is 0 Å². The van der Waals surface area contributed by atoms with Crippen LogP contribution in [0.5, 0.6) is 0 Å². The van der Waals surface area contributed by atoms with Crippen molar-refractivity contribution < 1.29 is 10.2 Å². The number of nitrogens with zero attached hydrogens (tertiary/aromatic N) is 2. The summed E-state index contributed by atoms with van der Waals surface area (Å²) in [6, 6.07) is 0. The first kappa shape index (κ1) is 9.40. The molecule has 2 saturated heterocycles. The largest absolute Gasteiger partial charge is 0.392 e. The van der Waals surface area contributed by atoms with E-state index in [0.717, 1.165) is 45.4 Å². The minimum Gasteiger partial charge on any atom is -0.392 e. The van der Waals surface area contributed by atoms with E-state index < -0.39 is 0 Å². The molecule has 4 nitrogen and oxygen atoms in total. The van der Waals surface area contributed by atoms with Gasteiger partial charge in [-0.15, -0.1) is 0 Å². The second kappa shape index (κ2) is 3.92. The standard InChI is InChI=1S/C9H18N2O2/c12-8-2-1-4-10(6-8)11-5-3-9(13)7-11/h8-9,12-13H,1-7H2. The molecule has 2 unspecified atom stereocenters. The van der Waals surface area contributed by atoms with Crippen LogP contribution in [-0.2, 0) is 0 Å². The topological polar surface area (TPSA) is 46.9 Å². The average molecular weight is 186 g/mol. The third kappa shape index (κ3) is 2.20. The Morgan fingerprint density at radius 1 is 0.846 bits per heavy atom. The molecule has 0 radical (unpaired) electrons. The summed E-state index contributed by atoms with van der Waals surface area (Å²) >= 11 is 0. The highest BCUT2D eigenvalue weighted by Gasteiger charge is 2.28. The van der Waals surface area contributed by atoms with Crippen molar-refractivity contribution in [2.24, 2.45) is 0 Å². The molecule has 0 aliphatic carbocycles. The van der Waals surface area contributed by atoms with E-state index in [0.29, 0.717) is 0 Å². The van der Waals surface area contributed by atoms with E-state index in [1.165, 1.54) is 0 Å². The first-order valence-corrected chi connectivity index (χ1v) is 5.11. The van der Waals surface area contributed by atoms with Crippen LogP contribution in [0.4, 0.5) is 0 Å². The number of hydrogen-bond donors (Lipinski definition) is 2. The lowest BCUT2D eigenvalue weighted by Gasteiger charge is -2.36. The van der Waals surface area contributed by atoms with Crippen molar-refractivity contribution in [3.63, 3.8) is 0 Å². The molecule has 0 aromatic heterocycles. The van der Waals surface area contributed by atoms with Gasteiger partial charge >= 0.3 is 0 Å². The van der Waals surface area contributed by atoms with Crippen LogP contribution in [0.15, 0.2) is 0 Å². The Bertz CT molecular complexity index is 177. The molecule has 2 aliphatic rings. The number of rotatable bonds is 1. The number of aliphatic hydroxyl groups excluding tert-OH is 2. The van der Waals surface area contributed by atoms with Crippen molar-refractivity contribution in [3.05, 3.63) is 0 Å². The lowest BCUT2D eigenvalue weighted by Crippen LogP contribution is -2.48. The van der Waals surface area contributed by atoms with Gasteiger partial charge in [0.2, 0.25) is 0 Å². The molecule has 0 bridgehead atoms. The first-order chi connectivity index (χ1) is 6.25. The van der Waals surface area contributed by atoms with E-state index in [2.05, 4.69) is 10.0 Å². The maximum absolute atomic E-state index is 9.47. The van der Waals surface area contributed by atoms with Gasteiger partial charge < -0.3 is 10.2 Å². The SMILES string of the molecule is OC1CCCN(N2CCC(O)C2)C1. The zero-order chi connectivity index (χ0) is 9.26. The van der Waals surface area contributed by atoms with Crippen LogP contribution in [-0.4, -0.2) is 58.6 Å². The second-order valence-corrected chi connectivity index (χ2v) is 4.06. The van der Waals surface area contributed by atoms with Crippen LogP contribution in [0.2, 0.25) is 0 Å². The van der Waals surface area contributed by atoms with E-state index in [-0.39, 0.29) is 12.2 Å². The van der Waals surface area contributed by atoms with E-state index in [9.17, 15) is 10.2 Å². The number of hydrogen-bond acceptors (Lipinski definition) is 4. The van der Waals surface area contributed by atoms with Crippen LogP contribution in [0.25, 0.3) is 0 Å². The monoisotopic (exact) mass is 186 g/mol. The second-order valence-electron chi connectivity index (χ2n) is 4.06. The molecule has 2 aliphatic heterocycles. The summed E-state index contributed by atoms with van der Waals surface area (Å²) in [5.41, 5.74) is 0. The smallest absolute Gasteiger partial charge is 0.0694 e. The Balaban J connectivity index is 1.85. The molecule has 2 atom stereocenters. The van der Waals surface area contributed by atoms with E-state index >= 15 is 0 Å². The lowest BCUT2D eigenvalue weighted by molar-refractivity contribution is -0.0665. The van der Waals surface area contributed by atoms with Crippen molar-refractivity contribution in [1.82, 2.24) is 10.0 Å². The van der Waals surface area contributed by atoms with Crippen molar-refractivity contribution in [1.29, 1.82) is 0 Å². The van der Waals surface area contributed by atoms with Crippen LogP contribution < -0.4 is 0 Å². The summed E-state index contributed by atoms with van der Waals surface area (Å²) < 4.78 is 0. The van der Waals surface area contributed by atoms with Gasteiger partial charge in [-0.25, -0.2) is 10.0 Å². The molecule has 4 heteroatoms. The molecule has 0 saturated carbocycles. The minimum atomic E-state index is -0.175. The molecular weight excluding hydrogens is 168 g/mol. The Labute approximate surface area is 78.7 Å². The maximum Gasteiger partial charge on any atom is 0.0694 e. The summed E-state index contributed by atoms with van der Waals surface area (Å²) in [7, 11) is 0. The van der Waals surface area contributed by atoms with Crippen LogP contribution >= 0.6 is 0 Å². The lowest BCUT2D eigenvalue weighted by atomic mass is 10.1. The van der Waals surface area contributed by atoms with Gasteiger partial charge in [0.05, 0.1) is 12.2 Å². The maximum atomic E-state index is 9.47. The Kier molecular flexibility index (Phi) is 2.83. The molecule has 0 aromatic carbocycles. The molecule has 0 spiro atoms. The van der Waals surface area contributed by atoms with Crippen molar-refractivity contribution in [3.8, 4) is 0 Å². The molecule has 2 heterocycles. The van der Waals surface area contributed by atoms with Crippen LogP contribution in [0.3, 0.4) is 0 Å². The normalized spacial score (nSPS) is 38.3. The van der Waals surface area contributed by atoms with Gasteiger partial charge in [-0.1, -0.05) is 0 Å². The highest BCUT2D eigenvalue weighted by molar-refractivity contribution is 4.77. The molecule has 2 rings (SSSR count). The fraction of sp³-hybridized carbons (Fsp3) is 1.00. The zero-order valence-electron chi connectivity index (χ0n) is 7.89. The summed E-state index contributed by atoms with van der Waals surface area (Å²) in [6.45, 7) is 3.46. The predicted octanol–water partition coefficient (Wildman–Crippen LogP) is -0.575. The highest BCUT2D eigenvalue weighted by Crippen LogP contribution is 2.17. The Morgan fingerprint density at radius 3 is 2.08 bits per heavy atom. The van der Waals surface area contributed by atoms with Crippen molar-refractivity contribution in [2.45, 2.75) is 31.5 Å². The highest BCUT2D eigenvalue weighted by atomic mass is 16.3. The summed E-state index contributed by atoms with van der Waals surface area (Å²) in [5, 5.41) is 23.2. The number of hydrazine groups is 1. The third-order valence-corrected chi connectivity index (χ3v) is 2.92. The molecule has 2 fully saturated rings. The van der Waals surface area contributed by atoms with Crippen molar-refractivity contribution >= 4 is 0 Å². The zero-order valence-corrected chi connectivity index (χ0v) is 7.89. The average Bonchev–Trinajstić information content (AvgIpc) is 2.52. The van der Waals surface area contributed by atoms with Crippen LogP contribution in [0, 0.1) is 0 Å². The third-order valence-electron chi connectivity index (χ3n) is 2.92. The van der Waals surface area contributed by atoms with Crippen LogP contribution in [0.1, 0.15) is 19.3 Å².